The predicted octanol–water partition coefficient (Wildman–Crippen LogP) is 4.80. The van der Waals surface area contributed by atoms with Gasteiger partial charge in [0.05, 0.1) is 51.8 Å². The average molecular weight is 632 g/mol. The van der Waals surface area contributed by atoms with Crippen LogP contribution in [0.4, 0.5) is 0 Å². The van der Waals surface area contributed by atoms with E-state index in [0.717, 1.165) is 57.7 Å². The molecule has 9 nitrogen and oxygen atoms in total. The summed E-state index contributed by atoms with van der Waals surface area (Å²) in [5, 5.41) is 23.7. The summed E-state index contributed by atoms with van der Waals surface area (Å²) >= 11 is 0. The molecule has 1 aromatic rings. The van der Waals surface area contributed by atoms with Gasteiger partial charge in [-0.25, -0.2) is 0 Å². The van der Waals surface area contributed by atoms with E-state index in [0.29, 0.717) is 69.1 Å². The molecule has 0 aliphatic heterocycles. The Bertz CT molecular complexity index is 1090. The number of carbonyl (C=O) groups is 2. The quantitative estimate of drug-likeness (QED) is 0.156. The van der Waals surface area contributed by atoms with Gasteiger partial charge in [0.25, 0.3) is 0 Å². The minimum Gasteiger partial charge on any atom is -0.508 e. The third-order valence-electron chi connectivity index (χ3n) is 10.7. The molecular weight excluding hydrogens is 574 g/mol. The van der Waals surface area contributed by atoms with E-state index < -0.39 is 6.04 Å². The highest BCUT2D eigenvalue weighted by atomic mass is 16.6. The van der Waals surface area contributed by atoms with Crippen molar-refractivity contribution in [3.8, 4) is 5.75 Å². The predicted molar refractivity (Wildman–Crippen MR) is 172 cm³/mol. The van der Waals surface area contributed by atoms with Crippen molar-refractivity contribution in [2.45, 2.75) is 97.1 Å². The summed E-state index contributed by atoms with van der Waals surface area (Å²) in [4.78, 5) is 23.1. The van der Waals surface area contributed by atoms with Gasteiger partial charge in [-0.3, -0.25) is 4.79 Å². The monoisotopic (exact) mass is 631 g/mol. The third-order valence-corrected chi connectivity index (χ3v) is 10.7. The fourth-order valence-electron chi connectivity index (χ4n) is 8.14. The molecule has 0 bridgehead atoms. The Morgan fingerprint density at radius 1 is 1.00 bits per heavy atom. The molecule has 2 saturated carbocycles. The number of hydrogen-bond acceptors (Lipinski definition) is 8. The lowest BCUT2D eigenvalue weighted by molar-refractivity contribution is -0.130. The van der Waals surface area contributed by atoms with E-state index in [1.54, 1.807) is 0 Å². The van der Waals surface area contributed by atoms with E-state index in [9.17, 15) is 19.8 Å². The van der Waals surface area contributed by atoms with Crippen molar-refractivity contribution >= 4 is 12.2 Å². The lowest BCUT2D eigenvalue weighted by Gasteiger charge is -2.53. The average Bonchev–Trinajstić information content (AvgIpc) is 3.30. The van der Waals surface area contributed by atoms with Crippen LogP contribution in [0.15, 0.2) is 18.2 Å². The zero-order valence-electron chi connectivity index (χ0n) is 27.9. The van der Waals surface area contributed by atoms with E-state index in [1.165, 1.54) is 11.1 Å². The van der Waals surface area contributed by atoms with Gasteiger partial charge in [-0.1, -0.05) is 40.2 Å². The van der Waals surface area contributed by atoms with Crippen molar-refractivity contribution in [3.05, 3.63) is 29.3 Å². The van der Waals surface area contributed by atoms with Gasteiger partial charge in [-0.2, -0.15) is 0 Å². The number of fused-ring (bicyclic) bond motifs is 5. The minimum absolute atomic E-state index is 0.0442. The van der Waals surface area contributed by atoms with Crippen LogP contribution < -0.4 is 5.32 Å². The molecule has 3 aliphatic carbocycles. The van der Waals surface area contributed by atoms with Crippen LogP contribution in [0.2, 0.25) is 0 Å². The van der Waals surface area contributed by atoms with E-state index >= 15 is 0 Å². The van der Waals surface area contributed by atoms with Crippen LogP contribution in [0, 0.1) is 28.6 Å². The van der Waals surface area contributed by atoms with Crippen molar-refractivity contribution in [1.82, 2.24) is 5.32 Å². The second-order valence-corrected chi connectivity index (χ2v) is 14.7. The van der Waals surface area contributed by atoms with Gasteiger partial charge in [0.15, 0.2) is 0 Å². The summed E-state index contributed by atoms with van der Waals surface area (Å²) in [5.74, 6) is 2.34. The van der Waals surface area contributed by atoms with Gasteiger partial charge in [0, 0.05) is 6.61 Å². The van der Waals surface area contributed by atoms with Gasteiger partial charge >= 0.3 is 0 Å². The number of amides is 1. The summed E-state index contributed by atoms with van der Waals surface area (Å²) in [6, 6.07) is 5.45. The molecule has 0 heterocycles. The smallest absolute Gasteiger partial charge is 0.246 e. The lowest BCUT2D eigenvalue weighted by atomic mass is 9.52. The lowest BCUT2D eigenvalue weighted by Crippen LogP contribution is -2.47. The van der Waals surface area contributed by atoms with Gasteiger partial charge in [0.1, 0.15) is 18.6 Å². The van der Waals surface area contributed by atoms with Crippen LogP contribution in [0.5, 0.6) is 5.75 Å². The molecule has 1 amide bonds. The molecule has 0 aromatic heterocycles. The Kier molecular flexibility index (Phi) is 13.3. The first-order chi connectivity index (χ1) is 21.5. The van der Waals surface area contributed by atoms with Crippen LogP contribution in [0.3, 0.4) is 0 Å². The number of carbonyl (C=O) groups excluding carboxylic acids is 2. The normalized spacial score (nSPS) is 28.2. The number of benzene rings is 1. The Morgan fingerprint density at radius 3 is 2.33 bits per heavy atom. The van der Waals surface area contributed by atoms with Gasteiger partial charge in [-0.05, 0) is 103 Å². The van der Waals surface area contributed by atoms with Crippen molar-refractivity contribution in [1.29, 1.82) is 0 Å². The zero-order chi connectivity index (χ0) is 32.5. The Labute approximate surface area is 269 Å². The molecule has 254 valence electrons. The molecule has 0 spiro atoms. The number of aliphatic hydroxyl groups excluding tert-OH is 1. The SMILES string of the molecule is CC(C)(C)C(C=O)NC(=O)COCCOCCOCCOCCCCC1Cc2cc(O)ccc2C2CCC3(C)C(O)CCC3C12. The molecule has 4 rings (SSSR count). The topological polar surface area (TPSA) is 124 Å². The van der Waals surface area contributed by atoms with Gasteiger partial charge in [0.2, 0.25) is 5.91 Å². The molecule has 7 unspecified atom stereocenters. The summed E-state index contributed by atoms with van der Waals surface area (Å²) < 4.78 is 22.2. The molecule has 1 aromatic carbocycles. The van der Waals surface area contributed by atoms with Crippen molar-refractivity contribution in [2.24, 2.45) is 28.6 Å². The zero-order valence-corrected chi connectivity index (χ0v) is 27.9. The van der Waals surface area contributed by atoms with Crippen molar-refractivity contribution in [3.63, 3.8) is 0 Å². The van der Waals surface area contributed by atoms with Crippen LogP contribution in [-0.4, -0.2) is 87.4 Å². The number of unbranched alkanes of at least 4 members (excludes halogenated alkanes) is 1. The van der Waals surface area contributed by atoms with Crippen molar-refractivity contribution in [2.75, 3.05) is 52.9 Å². The molecule has 0 saturated heterocycles. The van der Waals surface area contributed by atoms with Gasteiger partial charge in [-0.15, -0.1) is 0 Å². The highest BCUT2D eigenvalue weighted by molar-refractivity contribution is 5.80. The maximum Gasteiger partial charge on any atom is 0.246 e. The summed E-state index contributed by atoms with van der Waals surface area (Å²) in [5.41, 5.74) is 2.46. The second-order valence-electron chi connectivity index (χ2n) is 14.7. The Balaban J connectivity index is 1.04. The molecule has 2 fully saturated rings. The maximum atomic E-state index is 11.9. The molecule has 3 N–H and O–H groups in total. The van der Waals surface area contributed by atoms with Crippen LogP contribution in [0.25, 0.3) is 0 Å². The van der Waals surface area contributed by atoms with E-state index in [1.807, 2.05) is 32.9 Å². The number of rotatable bonds is 18. The van der Waals surface area contributed by atoms with Crippen LogP contribution >= 0.6 is 0 Å². The van der Waals surface area contributed by atoms with E-state index in [-0.39, 0.29) is 36.1 Å². The number of phenolic OH excluding ortho intramolecular Hbond substituents is 1. The van der Waals surface area contributed by atoms with Crippen molar-refractivity contribution < 1.29 is 38.7 Å². The number of nitrogens with one attached hydrogen (secondary N) is 1. The standard InChI is InChI=1S/C36H57NO8/c1-35(2,3)31(23-38)37-33(41)24-45-20-19-44-18-17-43-16-15-42-14-6-5-7-25-21-26-22-27(39)8-9-28(26)29-12-13-36(4)30(34(25)29)10-11-32(36)40/h8-9,22-23,25,29-32,34,39-40H,5-7,10-21,24H2,1-4H3,(H,37,41). The number of aliphatic hydroxyl groups is 1. The maximum absolute atomic E-state index is 11.9. The van der Waals surface area contributed by atoms with E-state index in [2.05, 4.69) is 18.3 Å². The molecule has 7 atom stereocenters. The molecule has 3 aliphatic rings. The summed E-state index contributed by atoms with van der Waals surface area (Å²) in [6.45, 7) is 11.2. The Hall–Kier alpha value is -2.04. The first-order valence-electron chi connectivity index (χ1n) is 17.1. The number of ether oxygens (including phenoxy) is 4. The molecular formula is C36H57NO8. The second kappa shape index (κ2) is 16.7. The summed E-state index contributed by atoms with van der Waals surface area (Å²) in [7, 11) is 0. The number of aromatic hydroxyl groups is 1. The first-order valence-corrected chi connectivity index (χ1v) is 17.1. The van der Waals surface area contributed by atoms with Gasteiger partial charge < -0.3 is 39.3 Å². The number of aldehydes is 1. The van der Waals surface area contributed by atoms with Crippen LogP contribution in [0.1, 0.15) is 89.7 Å². The van der Waals surface area contributed by atoms with Crippen LogP contribution in [-0.2, 0) is 35.0 Å². The molecule has 0 radical (unpaired) electrons. The number of phenols is 1. The van der Waals surface area contributed by atoms with E-state index in [4.69, 9.17) is 18.9 Å². The Morgan fingerprint density at radius 2 is 1.67 bits per heavy atom. The fourth-order valence-corrected chi connectivity index (χ4v) is 8.14. The highest BCUT2D eigenvalue weighted by Gasteiger charge is 2.56. The highest BCUT2D eigenvalue weighted by Crippen LogP contribution is 2.62. The largest absolute Gasteiger partial charge is 0.508 e. The third kappa shape index (κ3) is 9.50. The summed E-state index contributed by atoms with van der Waals surface area (Å²) in [6.07, 6.45) is 9.15. The molecule has 45 heavy (non-hydrogen) atoms. The molecule has 9 heteroatoms. The fraction of sp³-hybridized carbons (Fsp3) is 0.778. The number of hydrogen-bond donors (Lipinski definition) is 3. The minimum atomic E-state index is -0.548. The first kappa shape index (κ1) is 35.8.